The van der Waals surface area contributed by atoms with Crippen molar-refractivity contribution >= 4 is 34.8 Å². The molecular weight excluding hydrogens is 299 g/mol. The summed E-state index contributed by atoms with van der Waals surface area (Å²) in [4.78, 5) is 12.1. The molecule has 6 heteroatoms. The lowest BCUT2D eigenvalue weighted by atomic mass is 10.1. The molecule has 20 heavy (non-hydrogen) atoms. The van der Waals surface area contributed by atoms with Crippen molar-refractivity contribution in [2.24, 2.45) is 0 Å². The fraction of sp³-hybridized carbons (Fsp3) is 0.0714. The normalized spacial score (nSPS) is 17.6. The van der Waals surface area contributed by atoms with E-state index in [1.54, 1.807) is 36.4 Å². The van der Waals surface area contributed by atoms with Gasteiger partial charge in [-0.3, -0.25) is 10.0 Å². The summed E-state index contributed by atoms with van der Waals surface area (Å²) >= 11 is 12.0. The number of nitrogens with one attached hydrogen (secondary N) is 1. The van der Waals surface area contributed by atoms with Gasteiger partial charge in [0, 0.05) is 21.3 Å². The zero-order chi connectivity index (χ0) is 14.3. The van der Waals surface area contributed by atoms with E-state index < -0.39 is 12.1 Å². The van der Waals surface area contributed by atoms with E-state index in [0.29, 0.717) is 31.9 Å². The number of anilines is 1. The number of hydroxylamine groups is 2. The van der Waals surface area contributed by atoms with Gasteiger partial charge in [0.05, 0.1) is 5.56 Å². The van der Waals surface area contributed by atoms with Crippen molar-refractivity contribution in [3.05, 3.63) is 63.6 Å². The van der Waals surface area contributed by atoms with Gasteiger partial charge in [-0.25, -0.2) is 0 Å². The summed E-state index contributed by atoms with van der Waals surface area (Å²) in [7, 11) is 0. The van der Waals surface area contributed by atoms with Crippen LogP contribution < -0.4 is 5.32 Å². The van der Waals surface area contributed by atoms with Crippen LogP contribution in [0.3, 0.4) is 0 Å². The third kappa shape index (κ3) is 2.12. The molecule has 0 bridgehead atoms. The lowest BCUT2D eigenvalue weighted by Gasteiger charge is -2.33. The molecular formula is C14H10Cl2N2O2. The molecule has 2 aromatic rings. The maximum Gasteiger partial charge on any atom is 0.281 e. The lowest BCUT2D eigenvalue weighted by Crippen LogP contribution is -2.40. The predicted octanol–water partition coefficient (Wildman–Crippen LogP) is 3.95. The molecule has 1 aliphatic heterocycles. The van der Waals surface area contributed by atoms with Crippen molar-refractivity contribution in [3.8, 4) is 0 Å². The number of benzene rings is 2. The number of carbonyl (C=O) groups excluding carboxylic acids is 1. The van der Waals surface area contributed by atoms with Gasteiger partial charge in [0.1, 0.15) is 0 Å². The Morgan fingerprint density at radius 1 is 1.15 bits per heavy atom. The highest BCUT2D eigenvalue weighted by molar-refractivity contribution is 6.35. The Hall–Kier alpha value is -1.75. The van der Waals surface area contributed by atoms with E-state index in [0.717, 1.165) is 0 Å². The second kappa shape index (κ2) is 4.98. The van der Waals surface area contributed by atoms with E-state index in [4.69, 9.17) is 23.2 Å². The molecule has 0 radical (unpaired) electrons. The Morgan fingerprint density at radius 3 is 2.65 bits per heavy atom. The second-order valence-corrected chi connectivity index (χ2v) is 5.25. The van der Waals surface area contributed by atoms with Gasteiger partial charge in [-0.15, -0.1) is 0 Å². The number of fused-ring (bicyclic) bond motifs is 1. The number of carbonyl (C=O) groups is 1. The van der Waals surface area contributed by atoms with Crippen LogP contribution in [0.1, 0.15) is 22.1 Å². The molecule has 0 fully saturated rings. The first-order valence-corrected chi connectivity index (χ1v) is 6.66. The standard InChI is InChI=1S/C14H10Cl2N2O2/c15-8-5-6-9(11(16)7-8)13-17-12-4-2-1-3-10(12)14(19)18(13)20/h1-7,13,17,20H/t13-/m1/s1. The van der Waals surface area contributed by atoms with Gasteiger partial charge in [0.15, 0.2) is 6.17 Å². The van der Waals surface area contributed by atoms with Crippen LogP contribution in [0, 0.1) is 0 Å². The molecule has 4 nitrogen and oxygen atoms in total. The molecule has 0 saturated heterocycles. The Bertz CT molecular complexity index is 691. The molecule has 0 spiro atoms. The summed E-state index contributed by atoms with van der Waals surface area (Å²) in [6, 6.07) is 11.9. The SMILES string of the molecule is O=C1c2ccccc2N[C@@H](c2ccc(Cl)cc2Cl)N1O. The first-order chi connectivity index (χ1) is 9.58. The van der Waals surface area contributed by atoms with Crippen LogP contribution in [-0.4, -0.2) is 16.2 Å². The van der Waals surface area contributed by atoms with Crippen LogP contribution in [0.4, 0.5) is 5.69 Å². The Balaban J connectivity index is 2.06. The summed E-state index contributed by atoms with van der Waals surface area (Å²) in [6.07, 6.45) is -0.748. The summed E-state index contributed by atoms with van der Waals surface area (Å²) in [5, 5.41) is 14.6. The monoisotopic (exact) mass is 308 g/mol. The first-order valence-electron chi connectivity index (χ1n) is 5.91. The topological polar surface area (TPSA) is 52.6 Å². The maximum atomic E-state index is 12.1. The average Bonchev–Trinajstić information content (AvgIpc) is 2.43. The molecule has 2 N–H and O–H groups in total. The van der Waals surface area contributed by atoms with Crippen molar-refractivity contribution in [1.29, 1.82) is 0 Å². The Kier molecular flexibility index (Phi) is 3.30. The summed E-state index contributed by atoms with van der Waals surface area (Å²) in [5.74, 6) is -0.477. The molecule has 102 valence electrons. The van der Waals surface area contributed by atoms with Crippen molar-refractivity contribution in [2.75, 3.05) is 5.32 Å². The summed E-state index contributed by atoms with van der Waals surface area (Å²) in [5.41, 5.74) is 1.64. The number of rotatable bonds is 1. The minimum absolute atomic E-state index is 0.376. The number of hydrogen-bond acceptors (Lipinski definition) is 3. The average molecular weight is 309 g/mol. The predicted molar refractivity (Wildman–Crippen MR) is 77.2 cm³/mol. The molecule has 1 aliphatic rings. The van der Waals surface area contributed by atoms with E-state index in [1.807, 2.05) is 6.07 Å². The highest BCUT2D eigenvalue weighted by Gasteiger charge is 2.33. The quantitative estimate of drug-likeness (QED) is 0.784. The second-order valence-electron chi connectivity index (χ2n) is 4.41. The third-order valence-electron chi connectivity index (χ3n) is 3.16. The fourth-order valence-electron chi connectivity index (χ4n) is 2.18. The maximum absolute atomic E-state index is 12.1. The molecule has 2 aromatic carbocycles. The number of nitrogens with zero attached hydrogens (tertiary/aromatic N) is 1. The van der Waals surface area contributed by atoms with Crippen molar-refractivity contribution < 1.29 is 10.0 Å². The van der Waals surface area contributed by atoms with Crippen molar-refractivity contribution in [3.63, 3.8) is 0 Å². The van der Waals surface area contributed by atoms with E-state index >= 15 is 0 Å². The summed E-state index contributed by atoms with van der Waals surface area (Å²) in [6.45, 7) is 0. The van der Waals surface area contributed by atoms with Crippen LogP contribution in [0.25, 0.3) is 0 Å². The van der Waals surface area contributed by atoms with Crippen LogP contribution in [0.5, 0.6) is 0 Å². The molecule has 1 atom stereocenters. The third-order valence-corrected chi connectivity index (χ3v) is 3.72. The van der Waals surface area contributed by atoms with Gasteiger partial charge < -0.3 is 5.32 Å². The van der Waals surface area contributed by atoms with E-state index in [2.05, 4.69) is 5.32 Å². The van der Waals surface area contributed by atoms with Crippen molar-refractivity contribution in [2.45, 2.75) is 6.17 Å². The zero-order valence-corrected chi connectivity index (χ0v) is 11.7. The van der Waals surface area contributed by atoms with Gasteiger partial charge in [-0.05, 0) is 24.3 Å². The smallest absolute Gasteiger partial charge is 0.281 e. The molecule has 0 aromatic heterocycles. The molecule has 0 unspecified atom stereocenters. The van der Waals surface area contributed by atoms with Crippen LogP contribution in [0.2, 0.25) is 10.0 Å². The molecule has 0 aliphatic carbocycles. The largest absolute Gasteiger partial charge is 0.359 e. The van der Waals surface area contributed by atoms with Gasteiger partial charge in [0.2, 0.25) is 0 Å². The number of hydrogen-bond donors (Lipinski definition) is 2. The lowest BCUT2D eigenvalue weighted by molar-refractivity contribution is -0.0851. The van der Waals surface area contributed by atoms with E-state index in [9.17, 15) is 10.0 Å². The molecule has 1 heterocycles. The fourth-order valence-corrected chi connectivity index (χ4v) is 2.69. The minimum Gasteiger partial charge on any atom is -0.359 e. The van der Waals surface area contributed by atoms with Crippen molar-refractivity contribution in [1.82, 2.24) is 5.06 Å². The highest BCUT2D eigenvalue weighted by atomic mass is 35.5. The molecule has 1 amide bonds. The van der Waals surface area contributed by atoms with Crippen LogP contribution in [-0.2, 0) is 0 Å². The highest BCUT2D eigenvalue weighted by Crippen LogP contribution is 2.35. The summed E-state index contributed by atoms with van der Waals surface area (Å²) < 4.78 is 0. The zero-order valence-electron chi connectivity index (χ0n) is 10.2. The van der Waals surface area contributed by atoms with Crippen LogP contribution >= 0.6 is 23.2 Å². The number of amides is 1. The Morgan fingerprint density at radius 2 is 1.90 bits per heavy atom. The number of para-hydroxylation sites is 1. The van der Waals surface area contributed by atoms with E-state index in [-0.39, 0.29) is 0 Å². The molecule has 3 rings (SSSR count). The van der Waals surface area contributed by atoms with Gasteiger partial charge in [-0.1, -0.05) is 41.4 Å². The number of halogens is 2. The van der Waals surface area contributed by atoms with Gasteiger partial charge >= 0.3 is 0 Å². The minimum atomic E-state index is -0.748. The van der Waals surface area contributed by atoms with Gasteiger partial charge in [-0.2, -0.15) is 5.06 Å². The van der Waals surface area contributed by atoms with E-state index in [1.165, 1.54) is 0 Å². The first kappa shape index (κ1) is 13.2. The van der Waals surface area contributed by atoms with Crippen LogP contribution in [0.15, 0.2) is 42.5 Å². The Labute approximate surface area is 125 Å². The van der Waals surface area contributed by atoms with Gasteiger partial charge in [0.25, 0.3) is 5.91 Å². The molecule has 0 saturated carbocycles.